The van der Waals surface area contributed by atoms with E-state index in [0.29, 0.717) is 11.8 Å². The standard InChI is InChI=1S/C16H15F3N6O/c1-25-7-12(5-21-25)22-16-20-6-13(19)15(24-16)23-14(8-26)9-2-10(17)4-11(18)3-9/h2-7,14,26H,8H2,1H3,(H2,20,22,23,24)/t14-/m1/s1. The second-order valence-electron chi connectivity index (χ2n) is 5.50. The number of anilines is 3. The molecule has 3 aromatic rings. The van der Waals surface area contributed by atoms with E-state index in [1.54, 1.807) is 17.9 Å². The van der Waals surface area contributed by atoms with E-state index < -0.39 is 30.1 Å². The Labute approximate surface area is 146 Å². The van der Waals surface area contributed by atoms with E-state index in [1.165, 1.54) is 6.20 Å². The Hall–Kier alpha value is -3.14. The van der Waals surface area contributed by atoms with Crippen molar-refractivity contribution in [3.05, 3.63) is 59.8 Å². The number of aryl methyl sites for hydroxylation is 1. The van der Waals surface area contributed by atoms with Crippen molar-refractivity contribution in [2.75, 3.05) is 17.2 Å². The Morgan fingerprint density at radius 2 is 1.88 bits per heavy atom. The van der Waals surface area contributed by atoms with E-state index >= 15 is 0 Å². The van der Waals surface area contributed by atoms with Gasteiger partial charge in [0.2, 0.25) is 5.95 Å². The molecule has 0 amide bonds. The molecule has 136 valence electrons. The summed E-state index contributed by atoms with van der Waals surface area (Å²) in [5.74, 6) is -2.53. The fraction of sp³-hybridized carbons (Fsp3) is 0.188. The number of aliphatic hydroxyl groups is 1. The van der Waals surface area contributed by atoms with E-state index in [2.05, 4.69) is 25.7 Å². The number of aliphatic hydroxyl groups excluding tert-OH is 1. The molecule has 3 rings (SSSR count). The molecule has 1 atom stereocenters. The first-order valence-corrected chi connectivity index (χ1v) is 7.56. The number of benzene rings is 1. The molecule has 0 aliphatic rings. The summed E-state index contributed by atoms with van der Waals surface area (Å²) < 4.78 is 42.4. The summed E-state index contributed by atoms with van der Waals surface area (Å²) >= 11 is 0. The van der Waals surface area contributed by atoms with Crippen molar-refractivity contribution in [2.45, 2.75) is 6.04 Å². The quantitative estimate of drug-likeness (QED) is 0.623. The minimum atomic E-state index is -0.962. The molecule has 2 aromatic heterocycles. The summed E-state index contributed by atoms with van der Waals surface area (Å²) in [7, 11) is 1.73. The number of nitrogens with zero attached hydrogens (tertiary/aromatic N) is 4. The van der Waals surface area contributed by atoms with Gasteiger partial charge in [0, 0.05) is 19.3 Å². The van der Waals surface area contributed by atoms with Gasteiger partial charge in [-0.15, -0.1) is 0 Å². The van der Waals surface area contributed by atoms with Gasteiger partial charge in [0.15, 0.2) is 11.6 Å². The van der Waals surface area contributed by atoms with Crippen LogP contribution in [0.5, 0.6) is 0 Å². The molecule has 0 fully saturated rings. The highest BCUT2D eigenvalue weighted by molar-refractivity contribution is 5.53. The summed E-state index contributed by atoms with van der Waals surface area (Å²) in [6.45, 7) is -0.530. The van der Waals surface area contributed by atoms with Crippen molar-refractivity contribution in [3.8, 4) is 0 Å². The van der Waals surface area contributed by atoms with Crippen LogP contribution in [0.2, 0.25) is 0 Å². The van der Waals surface area contributed by atoms with Gasteiger partial charge in [0.05, 0.1) is 30.7 Å². The lowest BCUT2D eigenvalue weighted by molar-refractivity contribution is 0.275. The monoisotopic (exact) mass is 364 g/mol. The highest BCUT2D eigenvalue weighted by atomic mass is 19.1. The lowest BCUT2D eigenvalue weighted by atomic mass is 10.1. The maximum absolute atomic E-state index is 14.0. The predicted molar refractivity (Wildman–Crippen MR) is 88.3 cm³/mol. The number of nitrogens with one attached hydrogen (secondary N) is 2. The average Bonchev–Trinajstić information content (AvgIpc) is 2.99. The Morgan fingerprint density at radius 3 is 2.50 bits per heavy atom. The smallest absolute Gasteiger partial charge is 0.229 e. The highest BCUT2D eigenvalue weighted by Gasteiger charge is 2.17. The van der Waals surface area contributed by atoms with Gasteiger partial charge in [-0.1, -0.05) is 0 Å². The van der Waals surface area contributed by atoms with Crippen LogP contribution >= 0.6 is 0 Å². The van der Waals surface area contributed by atoms with Crippen molar-refractivity contribution >= 4 is 17.5 Å². The first-order chi connectivity index (χ1) is 12.4. The van der Waals surface area contributed by atoms with Crippen molar-refractivity contribution < 1.29 is 18.3 Å². The second kappa shape index (κ2) is 7.40. The van der Waals surface area contributed by atoms with Crippen LogP contribution in [0.25, 0.3) is 0 Å². The molecule has 2 heterocycles. The van der Waals surface area contributed by atoms with Gasteiger partial charge >= 0.3 is 0 Å². The Balaban J connectivity index is 1.84. The van der Waals surface area contributed by atoms with Crippen LogP contribution < -0.4 is 10.6 Å². The minimum Gasteiger partial charge on any atom is -0.394 e. The van der Waals surface area contributed by atoms with Crippen molar-refractivity contribution in [2.24, 2.45) is 7.05 Å². The summed E-state index contributed by atoms with van der Waals surface area (Å²) in [4.78, 5) is 7.81. The molecule has 0 spiro atoms. The van der Waals surface area contributed by atoms with Gasteiger partial charge < -0.3 is 15.7 Å². The first-order valence-electron chi connectivity index (χ1n) is 7.56. The zero-order valence-electron chi connectivity index (χ0n) is 13.6. The molecule has 1 aromatic carbocycles. The average molecular weight is 364 g/mol. The Kier molecular flexibility index (Phi) is 5.03. The van der Waals surface area contributed by atoms with Crippen LogP contribution in [0.4, 0.5) is 30.6 Å². The zero-order chi connectivity index (χ0) is 18.7. The molecular formula is C16H15F3N6O. The van der Waals surface area contributed by atoms with E-state index in [1.807, 2.05) is 0 Å². The topological polar surface area (TPSA) is 87.9 Å². The molecule has 0 unspecified atom stereocenters. The third-order valence-corrected chi connectivity index (χ3v) is 3.49. The van der Waals surface area contributed by atoms with Crippen molar-refractivity contribution in [1.82, 2.24) is 19.7 Å². The van der Waals surface area contributed by atoms with Crippen LogP contribution in [0, 0.1) is 17.5 Å². The Morgan fingerprint density at radius 1 is 1.15 bits per heavy atom. The summed E-state index contributed by atoms with van der Waals surface area (Å²) in [6, 6.07) is 1.84. The van der Waals surface area contributed by atoms with E-state index in [-0.39, 0.29) is 17.3 Å². The molecule has 0 saturated carbocycles. The molecule has 0 saturated heterocycles. The summed E-state index contributed by atoms with van der Waals surface area (Å²) in [5.41, 5.74) is 0.709. The zero-order valence-corrected chi connectivity index (χ0v) is 13.6. The molecule has 0 aliphatic carbocycles. The third-order valence-electron chi connectivity index (χ3n) is 3.49. The van der Waals surface area contributed by atoms with Crippen LogP contribution in [-0.4, -0.2) is 31.5 Å². The van der Waals surface area contributed by atoms with E-state index in [0.717, 1.165) is 18.3 Å². The highest BCUT2D eigenvalue weighted by Crippen LogP contribution is 2.23. The van der Waals surface area contributed by atoms with Gasteiger partial charge in [-0.3, -0.25) is 4.68 Å². The van der Waals surface area contributed by atoms with Crippen LogP contribution in [-0.2, 0) is 7.05 Å². The molecule has 0 aliphatic heterocycles. The van der Waals surface area contributed by atoms with E-state index in [4.69, 9.17) is 0 Å². The number of rotatable bonds is 6. The number of hydrogen-bond donors (Lipinski definition) is 3. The van der Waals surface area contributed by atoms with Gasteiger partial charge in [-0.25, -0.2) is 18.2 Å². The molecule has 10 heteroatoms. The van der Waals surface area contributed by atoms with Crippen LogP contribution in [0.1, 0.15) is 11.6 Å². The third kappa shape index (κ3) is 4.09. The summed E-state index contributed by atoms with van der Waals surface area (Å²) in [6.07, 6.45) is 4.15. The molecule has 7 nitrogen and oxygen atoms in total. The predicted octanol–water partition coefficient (Wildman–Crippen LogP) is 2.52. The lowest BCUT2D eigenvalue weighted by Gasteiger charge is -2.18. The normalized spacial score (nSPS) is 12.0. The SMILES string of the molecule is Cn1cc(Nc2ncc(F)c(N[C@H](CO)c3cc(F)cc(F)c3)n2)cn1. The first kappa shape index (κ1) is 17.7. The molecular weight excluding hydrogens is 349 g/mol. The number of aromatic nitrogens is 4. The van der Waals surface area contributed by atoms with E-state index in [9.17, 15) is 18.3 Å². The van der Waals surface area contributed by atoms with Crippen molar-refractivity contribution in [1.29, 1.82) is 0 Å². The number of halogens is 3. The molecule has 3 N–H and O–H groups in total. The largest absolute Gasteiger partial charge is 0.394 e. The molecule has 0 bridgehead atoms. The van der Waals surface area contributed by atoms with Gasteiger partial charge in [0.1, 0.15) is 11.6 Å². The fourth-order valence-corrected chi connectivity index (χ4v) is 2.32. The minimum absolute atomic E-state index is 0.0870. The second-order valence-corrected chi connectivity index (χ2v) is 5.50. The maximum Gasteiger partial charge on any atom is 0.229 e. The molecule has 26 heavy (non-hydrogen) atoms. The number of hydrogen-bond acceptors (Lipinski definition) is 6. The van der Waals surface area contributed by atoms with Crippen molar-refractivity contribution in [3.63, 3.8) is 0 Å². The molecule has 0 radical (unpaired) electrons. The van der Waals surface area contributed by atoms with Crippen LogP contribution in [0.15, 0.2) is 36.8 Å². The summed E-state index contributed by atoms with van der Waals surface area (Å²) in [5, 5.41) is 19.0. The van der Waals surface area contributed by atoms with Gasteiger partial charge in [-0.2, -0.15) is 10.1 Å². The maximum atomic E-state index is 14.0. The van der Waals surface area contributed by atoms with Crippen LogP contribution in [0.3, 0.4) is 0 Å². The Bertz CT molecular complexity index is 897. The van der Waals surface area contributed by atoms with Gasteiger partial charge in [-0.05, 0) is 17.7 Å². The lowest BCUT2D eigenvalue weighted by Crippen LogP contribution is -2.17. The fourth-order valence-electron chi connectivity index (χ4n) is 2.32. The van der Waals surface area contributed by atoms with Gasteiger partial charge in [0.25, 0.3) is 0 Å².